The predicted molar refractivity (Wildman–Crippen MR) is 138 cm³/mol. The van der Waals surface area contributed by atoms with Gasteiger partial charge in [0.2, 0.25) is 0 Å². The minimum Gasteiger partial charge on any atom is -0.443 e. The Labute approximate surface area is 215 Å². The lowest BCUT2D eigenvalue weighted by molar-refractivity contribution is 0.145. The Bertz CT molecular complexity index is 964. The molecule has 2 unspecified atom stereocenters. The zero-order valence-electron chi connectivity index (χ0n) is 18.3. The van der Waals surface area contributed by atoms with E-state index in [1.165, 1.54) is 11.1 Å². The maximum atomic E-state index is 10.8. The van der Waals surface area contributed by atoms with Crippen LogP contribution in [0, 0.1) is 13.8 Å². The van der Waals surface area contributed by atoms with Crippen LogP contribution in [0.25, 0.3) is 0 Å². The quantitative estimate of drug-likeness (QED) is 0.289. The van der Waals surface area contributed by atoms with Gasteiger partial charge >= 0.3 is 12.2 Å². The second kappa shape index (κ2) is 13.5. The summed E-state index contributed by atoms with van der Waals surface area (Å²) in [5.41, 5.74) is 9.70. The average molecular weight is 607 g/mol. The molecule has 4 rings (SSSR count). The number of nitrogens with two attached hydrogens (primary N) is 1. The number of amides is 2. The number of anilines is 2. The lowest BCUT2D eigenvalue weighted by Gasteiger charge is -2.11. The van der Waals surface area contributed by atoms with Crippen molar-refractivity contribution >= 4 is 67.0 Å². The molecule has 11 heteroatoms. The van der Waals surface area contributed by atoms with Crippen LogP contribution < -0.4 is 21.7 Å². The van der Waals surface area contributed by atoms with Gasteiger partial charge in [-0.15, -0.1) is 11.6 Å². The molecule has 2 heterocycles. The molecule has 0 saturated carbocycles. The van der Waals surface area contributed by atoms with Crippen LogP contribution in [0.15, 0.2) is 45.3 Å². The van der Waals surface area contributed by atoms with Crippen LogP contribution in [0.4, 0.5) is 21.0 Å². The molecule has 2 atom stereocenters. The van der Waals surface area contributed by atoms with Crippen LogP contribution in [0.2, 0.25) is 0 Å². The van der Waals surface area contributed by atoms with Crippen LogP contribution in [0.5, 0.6) is 0 Å². The number of carbonyl (C=O) groups is 2. The zero-order valence-corrected chi connectivity index (χ0v) is 22.2. The van der Waals surface area contributed by atoms with Gasteiger partial charge < -0.3 is 31.2 Å². The number of ether oxygens (including phenoxy) is 2. The minimum absolute atomic E-state index is 0.0866. The molecule has 8 nitrogen and oxygen atoms in total. The number of benzene rings is 2. The molecule has 2 aromatic rings. The van der Waals surface area contributed by atoms with Gasteiger partial charge in [0.05, 0.1) is 25.5 Å². The number of alkyl carbamates (subject to hydrolysis) is 2. The van der Waals surface area contributed by atoms with Crippen LogP contribution in [0.1, 0.15) is 11.1 Å². The van der Waals surface area contributed by atoms with E-state index in [9.17, 15) is 9.59 Å². The molecule has 2 fully saturated rings. The summed E-state index contributed by atoms with van der Waals surface area (Å²) in [6.45, 7) is 5.79. The molecule has 0 radical (unpaired) electrons. The van der Waals surface area contributed by atoms with Gasteiger partial charge in [-0.05, 0) is 61.4 Å². The first-order valence-corrected chi connectivity index (χ1v) is 12.3. The number of aryl methyl sites for hydroxylation is 2. The van der Waals surface area contributed by atoms with E-state index in [1.54, 1.807) is 0 Å². The van der Waals surface area contributed by atoms with Crippen molar-refractivity contribution < 1.29 is 19.1 Å². The fraction of sp³-hybridized carbons (Fsp3) is 0.364. The summed E-state index contributed by atoms with van der Waals surface area (Å²) in [5, 5.41) is 8.33. The molecule has 2 aliphatic heterocycles. The topological polar surface area (TPSA) is 115 Å². The van der Waals surface area contributed by atoms with Crippen molar-refractivity contribution in [3.8, 4) is 0 Å². The maximum absolute atomic E-state index is 10.8. The highest BCUT2D eigenvalue weighted by Crippen LogP contribution is 2.20. The largest absolute Gasteiger partial charge is 0.443 e. The summed E-state index contributed by atoms with van der Waals surface area (Å²) in [6, 6.07) is 11.8. The van der Waals surface area contributed by atoms with Crippen molar-refractivity contribution in [2.45, 2.75) is 26.1 Å². The third-order valence-electron chi connectivity index (χ3n) is 4.54. The number of carbonyl (C=O) groups excluding carboxylic acids is 2. The lowest BCUT2D eigenvalue weighted by Crippen LogP contribution is -2.23. The first kappa shape index (κ1) is 27.1. The Hall–Kier alpha value is -2.17. The molecule has 0 spiro atoms. The van der Waals surface area contributed by atoms with E-state index in [4.69, 9.17) is 22.1 Å². The smallest absolute Gasteiger partial charge is 0.407 e. The molecule has 0 aliphatic carbocycles. The molecule has 2 amide bonds. The van der Waals surface area contributed by atoms with Crippen molar-refractivity contribution in [2.24, 2.45) is 0 Å². The minimum atomic E-state index is -0.365. The van der Waals surface area contributed by atoms with E-state index in [-0.39, 0.29) is 24.4 Å². The Morgan fingerprint density at radius 2 is 1.52 bits per heavy atom. The summed E-state index contributed by atoms with van der Waals surface area (Å²) in [6.07, 6.45) is -0.907. The highest BCUT2D eigenvalue weighted by Gasteiger charge is 2.22. The molecule has 0 bridgehead atoms. The molecule has 5 N–H and O–H groups in total. The van der Waals surface area contributed by atoms with E-state index in [0.717, 1.165) is 20.3 Å². The van der Waals surface area contributed by atoms with Gasteiger partial charge in [-0.1, -0.05) is 31.9 Å². The van der Waals surface area contributed by atoms with Crippen molar-refractivity contribution in [1.82, 2.24) is 10.6 Å². The Morgan fingerprint density at radius 1 is 0.970 bits per heavy atom. The molecule has 2 saturated heterocycles. The van der Waals surface area contributed by atoms with Gasteiger partial charge in [0, 0.05) is 20.3 Å². The fourth-order valence-electron chi connectivity index (χ4n) is 2.72. The summed E-state index contributed by atoms with van der Waals surface area (Å²) >= 11 is 12.2. The summed E-state index contributed by atoms with van der Waals surface area (Å²) < 4.78 is 11.8. The van der Waals surface area contributed by atoms with Crippen LogP contribution in [0.3, 0.4) is 0 Å². The third kappa shape index (κ3) is 9.69. The molecular weight excluding hydrogens is 580 g/mol. The standard InChI is InChI=1S/C11H13BrN2O2.C7H8BrN.C4H6ClNO2/c1-7-4-8(2-3-10(7)12)13-5-9-6-14-11(15)16-9;1-5-4-6(9)2-3-7(5)8;5-1-3-2-6-4(7)8-3/h2-4,9,13H,5-6H2,1H3,(H,14,15);2-4H,9H2,1H3;3H,1-2H2,(H,6,7). The van der Waals surface area contributed by atoms with E-state index < -0.39 is 0 Å². The molecule has 33 heavy (non-hydrogen) atoms. The van der Waals surface area contributed by atoms with Crippen molar-refractivity contribution in [2.75, 3.05) is 36.6 Å². The number of nitrogen functional groups attached to an aromatic ring is 1. The normalized spacial score (nSPS) is 18.5. The second-order valence-corrected chi connectivity index (χ2v) is 9.34. The summed E-state index contributed by atoms with van der Waals surface area (Å²) in [7, 11) is 0. The molecule has 2 aromatic carbocycles. The van der Waals surface area contributed by atoms with E-state index in [1.807, 2.05) is 50.2 Å². The van der Waals surface area contributed by atoms with E-state index >= 15 is 0 Å². The second-order valence-electron chi connectivity index (χ2n) is 7.32. The lowest BCUT2D eigenvalue weighted by atomic mass is 10.2. The van der Waals surface area contributed by atoms with Gasteiger partial charge in [-0.25, -0.2) is 9.59 Å². The highest BCUT2D eigenvalue weighted by molar-refractivity contribution is 9.10. The molecule has 0 aromatic heterocycles. The van der Waals surface area contributed by atoms with Gasteiger partial charge in [0.1, 0.15) is 12.2 Å². The number of hydrogen-bond acceptors (Lipinski definition) is 6. The maximum Gasteiger partial charge on any atom is 0.407 e. The van der Waals surface area contributed by atoms with Crippen molar-refractivity contribution in [3.63, 3.8) is 0 Å². The van der Waals surface area contributed by atoms with E-state index in [0.29, 0.717) is 25.5 Å². The van der Waals surface area contributed by atoms with Crippen LogP contribution in [-0.2, 0) is 9.47 Å². The van der Waals surface area contributed by atoms with Crippen molar-refractivity contribution in [3.05, 3.63) is 56.5 Å². The first-order chi connectivity index (χ1) is 15.7. The number of cyclic esters (lactones) is 2. The fourth-order valence-corrected chi connectivity index (χ4v) is 3.38. The monoisotopic (exact) mass is 604 g/mol. The highest BCUT2D eigenvalue weighted by atomic mass is 79.9. The number of halogens is 3. The number of rotatable bonds is 4. The number of nitrogens with one attached hydrogen (secondary N) is 3. The van der Waals surface area contributed by atoms with Gasteiger partial charge in [0.25, 0.3) is 0 Å². The van der Waals surface area contributed by atoms with Crippen molar-refractivity contribution in [1.29, 1.82) is 0 Å². The van der Waals surface area contributed by atoms with Gasteiger partial charge in [-0.3, -0.25) is 0 Å². The molecule has 2 aliphatic rings. The van der Waals surface area contributed by atoms with Gasteiger partial charge in [0.15, 0.2) is 0 Å². The van der Waals surface area contributed by atoms with E-state index in [2.05, 4.69) is 52.5 Å². The third-order valence-corrected chi connectivity index (χ3v) is 6.67. The number of hydrogen-bond donors (Lipinski definition) is 4. The summed E-state index contributed by atoms with van der Waals surface area (Å²) in [5.74, 6) is 0.374. The Morgan fingerprint density at radius 3 is 1.94 bits per heavy atom. The first-order valence-electron chi connectivity index (χ1n) is 10.1. The SMILES string of the molecule is Cc1cc(N)ccc1Br.Cc1cc(NCC2CNC(=O)O2)ccc1Br.O=C1NCC(CCl)O1. The predicted octanol–water partition coefficient (Wildman–Crippen LogP) is 4.95. The molecule has 180 valence electrons. The number of alkyl halides is 1. The van der Waals surface area contributed by atoms with Crippen LogP contribution in [-0.4, -0.2) is 49.9 Å². The Kier molecular flexibility index (Phi) is 11.1. The average Bonchev–Trinajstić information content (AvgIpc) is 3.40. The Balaban J connectivity index is 0.000000192. The molecular formula is C22H27Br2ClN4O4. The zero-order chi connectivity index (χ0) is 24.4. The summed E-state index contributed by atoms with van der Waals surface area (Å²) in [4.78, 5) is 21.0. The van der Waals surface area contributed by atoms with Crippen LogP contribution >= 0.6 is 43.5 Å². The van der Waals surface area contributed by atoms with Gasteiger partial charge in [-0.2, -0.15) is 0 Å².